The lowest BCUT2D eigenvalue weighted by Gasteiger charge is -2.23. The van der Waals surface area contributed by atoms with Crippen LogP contribution in [0.25, 0.3) is 0 Å². The monoisotopic (exact) mass is 504 g/mol. The van der Waals surface area contributed by atoms with Crippen LogP contribution in [0.1, 0.15) is 33.9 Å². The molecule has 9 nitrogen and oxygen atoms in total. The average molecular weight is 505 g/mol. The summed E-state index contributed by atoms with van der Waals surface area (Å²) in [5.74, 6) is 2.20. The third kappa shape index (κ3) is 5.50. The zero-order chi connectivity index (χ0) is 26.4. The first-order chi connectivity index (χ1) is 18.0. The van der Waals surface area contributed by atoms with Crippen molar-refractivity contribution in [3.05, 3.63) is 77.4 Å². The van der Waals surface area contributed by atoms with E-state index in [4.69, 9.17) is 23.7 Å². The minimum Gasteiger partial charge on any atom is -0.497 e. The van der Waals surface area contributed by atoms with Crippen LogP contribution in [0.2, 0.25) is 0 Å². The first-order valence-corrected chi connectivity index (χ1v) is 11.5. The first kappa shape index (κ1) is 25.6. The number of rotatable bonds is 10. The highest BCUT2D eigenvalue weighted by atomic mass is 16.5. The number of hydrogen-bond donors (Lipinski definition) is 0. The fourth-order valence-electron chi connectivity index (χ4n) is 4.12. The van der Waals surface area contributed by atoms with E-state index >= 15 is 0 Å². The van der Waals surface area contributed by atoms with Crippen molar-refractivity contribution in [2.75, 3.05) is 35.0 Å². The highest BCUT2D eigenvalue weighted by Crippen LogP contribution is 2.38. The molecule has 0 radical (unpaired) electrons. The molecule has 0 fully saturated rings. The van der Waals surface area contributed by atoms with Gasteiger partial charge < -0.3 is 23.7 Å². The van der Waals surface area contributed by atoms with E-state index in [1.165, 1.54) is 12.1 Å². The molecule has 3 aromatic rings. The minimum atomic E-state index is -0.392. The SMILES string of the molecule is COc1cccc(C2=NN(C(=O)COc3ccc(C=O)cc3OC)C(c3ccc(OC)c(OC)c3)C2)c1. The number of benzene rings is 3. The normalized spacial score (nSPS) is 14.5. The first-order valence-electron chi connectivity index (χ1n) is 11.5. The second kappa shape index (κ2) is 11.5. The summed E-state index contributed by atoms with van der Waals surface area (Å²) in [5.41, 5.74) is 2.86. The van der Waals surface area contributed by atoms with Crippen molar-refractivity contribution in [2.45, 2.75) is 12.5 Å². The molecule has 0 N–H and O–H groups in total. The van der Waals surface area contributed by atoms with Gasteiger partial charge in [0.2, 0.25) is 0 Å². The highest BCUT2D eigenvalue weighted by molar-refractivity contribution is 6.03. The Labute approximate surface area is 215 Å². The quantitative estimate of drug-likeness (QED) is 0.380. The summed E-state index contributed by atoms with van der Waals surface area (Å²) in [6, 6.07) is 17.4. The highest BCUT2D eigenvalue weighted by Gasteiger charge is 2.34. The molecule has 0 spiro atoms. The van der Waals surface area contributed by atoms with Gasteiger partial charge >= 0.3 is 0 Å². The molecule has 4 rings (SSSR count). The zero-order valence-corrected chi connectivity index (χ0v) is 21.1. The third-order valence-electron chi connectivity index (χ3n) is 6.04. The molecule has 192 valence electrons. The van der Waals surface area contributed by atoms with E-state index in [1.54, 1.807) is 45.6 Å². The summed E-state index contributed by atoms with van der Waals surface area (Å²) in [6.45, 7) is -0.282. The lowest BCUT2D eigenvalue weighted by atomic mass is 9.98. The number of aldehydes is 1. The fourth-order valence-corrected chi connectivity index (χ4v) is 4.12. The molecule has 0 aromatic heterocycles. The molecule has 9 heteroatoms. The molecular weight excluding hydrogens is 476 g/mol. The van der Waals surface area contributed by atoms with Gasteiger partial charge in [-0.15, -0.1) is 0 Å². The lowest BCUT2D eigenvalue weighted by Crippen LogP contribution is -2.31. The molecule has 1 aliphatic heterocycles. The number of ether oxygens (including phenoxy) is 5. The summed E-state index contributed by atoms with van der Waals surface area (Å²) in [6.07, 6.45) is 1.19. The lowest BCUT2D eigenvalue weighted by molar-refractivity contribution is -0.135. The molecular formula is C28H28N2O7. The van der Waals surface area contributed by atoms with E-state index in [0.29, 0.717) is 47.0 Å². The van der Waals surface area contributed by atoms with Gasteiger partial charge in [0.1, 0.15) is 12.0 Å². The second-order valence-electron chi connectivity index (χ2n) is 8.17. The predicted molar refractivity (Wildman–Crippen MR) is 137 cm³/mol. The van der Waals surface area contributed by atoms with E-state index in [-0.39, 0.29) is 12.5 Å². The smallest absolute Gasteiger partial charge is 0.281 e. The molecule has 1 heterocycles. The fraction of sp³-hybridized carbons (Fsp3) is 0.250. The van der Waals surface area contributed by atoms with Gasteiger partial charge in [-0.3, -0.25) is 9.59 Å². The average Bonchev–Trinajstić information content (AvgIpc) is 3.41. The number of carbonyl (C=O) groups is 2. The maximum absolute atomic E-state index is 13.4. The topological polar surface area (TPSA) is 95.9 Å². The van der Waals surface area contributed by atoms with E-state index in [0.717, 1.165) is 16.8 Å². The molecule has 0 saturated heterocycles. The second-order valence-corrected chi connectivity index (χ2v) is 8.17. The number of amides is 1. The largest absolute Gasteiger partial charge is 0.497 e. The van der Waals surface area contributed by atoms with Gasteiger partial charge in [0, 0.05) is 17.5 Å². The van der Waals surface area contributed by atoms with E-state index in [1.807, 2.05) is 36.4 Å². The Morgan fingerprint density at radius 1 is 0.892 bits per heavy atom. The molecule has 3 aromatic carbocycles. The Hall–Kier alpha value is -4.53. The molecule has 0 saturated carbocycles. The number of carbonyl (C=O) groups excluding carboxylic acids is 2. The molecule has 1 aliphatic rings. The summed E-state index contributed by atoms with van der Waals surface area (Å²) in [7, 11) is 6.20. The van der Waals surface area contributed by atoms with Gasteiger partial charge in [-0.2, -0.15) is 5.10 Å². The molecule has 0 bridgehead atoms. The van der Waals surface area contributed by atoms with E-state index in [2.05, 4.69) is 5.10 Å². The molecule has 1 unspecified atom stereocenters. The predicted octanol–water partition coefficient (Wildman–Crippen LogP) is 4.29. The maximum atomic E-state index is 13.4. The van der Waals surface area contributed by atoms with Crippen LogP contribution in [0.3, 0.4) is 0 Å². The van der Waals surface area contributed by atoms with Crippen molar-refractivity contribution in [1.82, 2.24) is 5.01 Å². The Kier molecular flexibility index (Phi) is 7.92. The van der Waals surface area contributed by atoms with Gasteiger partial charge in [-0.25, -0.2) is 5.01 Å². The Balaban J connectivity index is 1.64. The number of hydrazone groups is 1. The molecule has 1 amide bonds. The van der Waals surface area contributed by atoms with Crippen molar-refractivity contribution in [2.24, 2.45) is 5.10 Å². The van der Waals surface area contributed by atoms with Crippen molar-refractivity contribution < 1.29 is 33.3 Å². The number of hydrogen-bond acceptors (Lipinski definition) is 8. The summed E-state index contributed by atoms with van der Waals surface area (Å²) < 4.78 is 27.3. The van der Waals surface area contributed by atoms with Gasteiger partial charge in [0.25, 0.3) is 5.91 Å². The van der Waals surface area contributed by atoms with Gasteiger partial charge in [0.15, 0.2) is 29.6 Å². The van der Waals surface area contributed by atoms with Gasteiger partial charge in [-0.1, -0.05) is 18.2 Å². The third-order valence-corrected chi connectivity index (χ3v) is 6.04. The molecule has 0 aliphatic carbocycles. The zero-order valence-electron chi connectivity index (χ0n) is 21.1. The van der Waals surface area contributed by atoms with E-state index < -0.39 is 6.04 Å². The molecule has 37 heavy (non-hydrogen) atoms. The van der Waals surface area contributed by atoms with E-state index in [9.17, 15) is 9.59 Å². The minimum absolute atomic E-state index is 0.282. The van der Waals surface area contributed by atoms with Crippen LogP contribution in [0.15, 0.2) is 65.8 Å². The van der Waals surface area contributed by atoms with Gasteiger partial charge in [-0.05, 0) is 48.0 Å². The number of nitrogens with zero attached hydrogens (tertiary/aromatic N) is 2. The van der Waals surface area contributed by atoms with Crippen LogP contribution in [0.4, 0.5) is 0 Å². The summed E-state index contributed by atoms with van der Waals surface area (Å²) in [5, 5.41) is 6.12. The summed E-state index contributed by atoms with van der Waals surface area (Å²) >= 11 is 0. The molecule has 1 atom stereocenters. The van der Waals surface area contributed by atoms with Crippen molar-refractivity contribution in [1.29, 1.82) is 0 Å². The van der Waals surface area contributed by atoms with Crippen molar-refractivity contribution >= 4 is 17.9 Å². The van der Waals surface area contributed by atoms with Crippen molar-refractivity contribution in [3.8, 4) is 28.7 Å². The van der Waals surface area contributed by atoms with Crippen LogP contribution < -0.4 is 23.7 Å². The van der Waals surface area contributed by atoms with Crippen LogP contribution in [-0.4, -0.2) is 58.0 Å². The Bertz CT molecular complexity index is 1320. The van der Waals surface area contributed by atoms with Gasteiger partial charge in [0.05, 0.1) is 40.2 Å². The standard InChI is InChI=1S/C28H28N2O7/c1-33-21-7-5-6-19(13-21)22-15-23(20-9-11-24(34-2)27(14-20)36-4)30(29-22)28(32)17-37-25-10-8-18(16-31)12-26(25)35-3/h5-14,16,23H,15,17H2,1-4H3. The Morgan fingerprint density at radius 3 is 2.32 bits per heavy atom. The number of methoxy groups -OCH3 is 4. The Morgan fingerprint density at radius 2 is 1.62 bits per heavy atom. The van der Waals surface area contributed by atoms with Crippen molar-refractivity contribution in [3.63, 3.8) is 0 Å². The van der Waals surface area contributed by atoms with Crippen LogP contribution in [0.5, 0.6) is 28.7 Å². The summed E-state index contributed by atoms with van der Waals surface area (Å²) in [4.78, 5) is 24.5. The van der Waals surface area contributed by atoms with Crippen LogP contribution >= 0.6 is 0 Å². The van der Waals surface area contributed by atoms with Crippen LogP contribution in [-0.2, 0) is 4.79 Å². The maximum Gasteiger partial charge on any atom is 0.281 e. The van der Waals surface area contributed by atoms with Crippen LogP contribution in [0, 0.1) is 0 Å².